The molecule has 1 fully saturated rings. The van der Waals surface area contributed by atoms with Gasteiger partial charge in [-0.25, -0.2) is 13.6 Å². The van der Waals surface area contributed by atoms with Crippen molar-refractivity contribution in [2.75, 3.05) is 11.1 Å². The molecule has 2 rings (SSSR count). The van der Waals surface area contributed by atoms with E-state index in [1.54, 1.807) is 13.0 Å². The van der Waals surface area contributed by atoms with Crippen LogP contribution in [-0.2, 0) is 10.0 Å². The number of hydrogen-bond donors (Lipinski definition) is 3. The molecule has 0 saturated heterocycles. The minimum absolute atomic E-state index is 0.0983. The minimum Gasteiger partial charge on any atom is -0.399 e. The number of anilines is 2. The molecule has 0 amide bonds. The van der Waals surface area contributed by atoms with Gasteiger partial charge in [0.1, 0.15) is 0 Å². The number of rotatable bonds is 3. The zero-order valence-electron chi connectivity index (χ0n) is 12.9. The van der Waals surface area contributed by atoms with E-state index in [2.05, 4.69) is 19.2 Å². The van der Waals surface area contributed by atoms with Crippen LogP contribution in [0.2, 0.25) is 0 Å². The Morgan fingerprint density at radius 2 is 1.81 bits per heavy atom. The summed E-state index contributed by atoms with van der Waals surface area (Å²) in [6.45, 7) is 6.33. The number of benzene rings is 1. The van der Waals surface area contributed by atoms with Crippen LogP contribution in [0.5, 0.6) is 0 Å². The molecule has 21 heavy (non-hydrogen) atoms. The van der Waals surface area contributed by atoms with Crippen molar-refractivity contribution in [1.82, 2.24) is 0 Å². The molecule has 0 aromatic heterocycles. The Morgan fingerprint density at radius 1 is 1.24 bits per heavy atom. The van der Waals surface area contributed by atoms with Gasteiger partial charge in [0.25, 0.3) is 0 Å². The summed E-state index contributed by atoms with van der Waals surface area (Å²) in [5.74, 6) is 0. The molecule has 0 spiro atoms. The van der Waals surface area contributed by atoms with E-state index in [-0.39, 0.29) is 4.90 Å². The summed E-state index contributed by atoms with van der Waals surface area (Å²) >= 11 is 0. The second-order valence-corrected chi connectivity index (χ2v) is 8.35. The van der Waals surface area contributed by atoms with E-state index >= 15 is 0 Å². The van der Waals surface area contributed by atoms with Gasteiger partial charge in [-0.2, -0.15) is 0 Å². The van der Waals surface area contributed by atoms with E-state index in [0.717, 1.165) is 31.4 Å². The Bertz CT molecular complexity index is 629. The lowest BCUT2D eigenvalue weighted by Crippen LogP contribution is -2.30. The molecule has 0 atom stereocenters. The molecule has 0 unspecified atom stereocenters. The summed E-state index contributed by atoms with van der Waals surface area (Å²) in [5.41, 5.74) is 8.02. The molecule has 1 aliphatic carbocycles. The lowest BCUT2D eigenvalue weighted by Gasteiger charge is -2.35. The van der Waals surface area contributed by atoms with Gasteiger partial charge in [0.15, 0.2) is 0 Å². The van der Waals surface area contributed by atoms with Crippen LogP contribution in [0.25, 0.3) is 0 Å². The fourth-order valence-electron chi connectivity index (χ4n) is 2.92. The van der Waals surface area contributed by atoms with Crippen LogP contribution in [0.15, 0.2) is 17.0 Å². The molecular formula is C15H25N3O2S. The van der Waals surface area contributed by atoms with Crippen molar-refractivity contribution in [2.24, 2.45) is 10.6 Å². The second kappa shape index (κ2) is 5.50. The second-order valence-electron chi connectivity index (χ2n) is 6.82. The Labute approximate surface area is 127 Å². The summed E-state index contributed by atoms with van der Waals surface area (Å²) < 4.78 is 23.3. The molecule has 1 aromatic carbocycles. The van der Waals surface area contributed by atoms with E-state index in [0.29, 0.717) is 22.7 Å². The van der Waals surface area contributed by atoms with Crippen LogP contribution in [0.3, 0.4) is 0 Å². The van der Waals surface area contributed by atoms with E-state index in [1.165, 1.54) is 6.07 Å². The zero-order valence-corrected chi connectivity index (χ0v) is 13.8. The first kappa shape index (κ1) is 16.1. The topological polar surface area (TPSA) is 98.2 Å². The highest BCUT2D eigenvalue weighted by Gasteiger charge is 2.27. The van der Waals surface area contributed by atoms with Gasteiger partial charge in [-0.15, -0.1) is 0 Å². The summed E-state index contributed by atoms with van der Waals surface area (Å²) in [4.78, 5) is 0.0983. The van der Waals surface area contributed by atoms with Crippen LogP contribution in [-0.4, -0.2) is 14.5 Å². The number of sulfonamides is 1. The summed E-state index contributed by atoms with van der Waals surface area (Å²) in [6.07, 6.45) is 4.47. The largest absolute Gasteiger partial charge is 0.399 e. The molecule has 0 radical (unpaired) electrons. The molecule has 118 valence electrons. The van der Waals surface area contributed by atoms with Crippen LogP contribution in [0, 0.1) is 12.3 Å². The highest BCUT2D eigenvalue weighted by molar-refractivity contribution is 7.89. The SMILES string of the molecule is Cc1c(NC2CCC(C)(C)CC2)cc(N)cc1S(N)(=O)=O. The summed E-state index contributed by atoms with van der Waals surface area (Å²) in [6, 6.07) is 3.55. The third-order valence-electron chi connectivity index (χ3n) is 4.39. The van der Waals surface area contributed by atoms with Crippen molar-refractivity contribution < 1.29 is 8.42 Å². The first-order valence-electron chi connectivity index (χ1n) is 7.28. The predicted molar refractivity (Wildman–Crippen MR) is 86.6 cm³/mol. The minimum atomic E-state index is -3.76. The van der Waals surface area contributed by atoms with Gasteiger partial charge in [0.2, 0.25) is 10.0 Å². The molecule has 1 aromatic rings. The number of nitrogens with two attached hydrogens (primary N) is 2. The molecule has 1 aliphatic rings. The van der Waals surface area contributed by atoms with Gasteiger partial charge in [0.05, 0.1) is 4.90 Å². The van der Waals surface area contributed by atoms with Crippen molar-refractivity contribution in [1.29, 1.82) is 0 Å². The Kier molecular flexibility index (Phi) is 4.22. The number of primary sulfonamides is 1. The number of nitrogen functional groups attached to an aromatic ring is 1. The van der Waals surface area contributed by atoms with Crippen molar-refractivity contribution in [3.8, 4) is 0 Å². The maximum atomic E-state index is 11.6. The van der Waals surface area contributed by atoms with Gasteiger partial charge in [-0.05, 0) is 55.7 Å². The highest BCUT2D eigenvalue weighted by atomic mass is 32.2. The molecule has 5 nitrogen and oxygen atoms in total. The molecule has 0 aliphatic heterocycles. The Balaban J connectivity index is 2.23. The van der Waals surface area contributed by atoms with E-state index in [1.807, 2.05) is 0 Å². The quantitative estimate of drug-likeness (QED) is 0.747. The van der Waals surface area contributed by atoms with Crippen LogP contribution in [0.4, 0.5) is 11.4 Å². The van der Waals surface area contributed by atoms with Crippen molar-refractivity contribution in [3.05, 3.63) is 17.7 Å². The van der Waals surface area contributed by atoms with Crippen LogP contribution >= 0.6 is 0 Å². The van der Waals surface area contributed by atoms with E-state index in [9.17, 15) is 8.42 Å². The molecule has 5 N–H and O–H groups in total. The van der Waals surface area contributed by atoms with Gasteiger partial charge in [0, 0.05) is 17.4 Å². The van der Waals surface area contributed by atoms with Crippen molar-refractivity contribution in [2.45, 2.75) is 57.4 Å². The molecule has 0 heterocycles. The third-order valence-corrected chi connectivity index (χ3v) is 5.42. The first-order chi connectivity index (χ1) is 9.58. The fraction of sp³-hybridized carbons (Fsp3) is 0.600. The fourth-order valence-corrected chi connectivity index (χ4v) is 3.75. The number of hydrogen-bond acceptors (Lipinski definition) is 4. The molecule has 1 saturated carbocycles. The smallest absolute Gasteiger partial charge is 0.238 e. The van der Waals surface area contributed by atoms with Gasteiger partial charge >= 0.3 is 0 Å². The maximum absolute atomic E-state index is 11.6. The average Bonchev–Trinajstić information content (AvgIpc) is 2.34. The van der Waals surface area contributed by atoms with E-state index < -0.39 is 10.0 Å². The van der Waals surface area contributed by atoms with E-state index in [4.69, 9.17) is 10.9 Å². The van der Waals surface area contributed by atoms with Crippen LogP contribution < -0.4 is 16.2 Å². The zero-order chi connectivity index (χ0) is 15.8. The summed E-state index contributed by atoms with van der Waals surface area (Å²) in [7, 11) is -3.76. The molecule has 6 heteroatoms. The van der Waals surface area contributed by atoms with Crippen LogP contribution in [0.1, 0.15) is 45.1 Å². The lowest BCUT2D eigenvalue weighted by atomic mass is 9.75. The normalized spacial score (nSPS) is 19.4. The monoisotopic (exact) mass is 311 g/mol. The highest BCUT2D eigenvalue weighted by Crippen LogP contribution is 2.37. The first-order valence-corrected chi connectivity index (χ1v) is 8.83. The predicted octanol–water partition coefficient (Wildman–Crippen LogP) is 2.61. The van der Waals surface area contributed by atoms with Crippen molar-refractivity contribution >= 4 is 21.4 Å². The molecule has 0 bridgehead atoms. The van der Waals surface area contributed by atoms with Gasteiger partial charge < -0.3 is 11.1 Å². The summed E-state index contributed by atoms with van der Waals surface area (Å²) in [5, 5.41) is 8.69. The maximum Gasteiger partial charge on any atom is 0.238 e. The standard InChI is InChI=1S/C15H25N3O2S/c1-10-13(8-11(16)9-14(10)21(17,19)20)18-12-4-6-15(2,3)7-5-12/h8-9,12,18H,4-7,16H2,1-3H3,(H2,17,19,20). The Hall–Kier alpha value is -1.27. The van der Waals surface area contributed by atoms with Gasteiger partial charge in [-0.1, -0.05) is 13.8 Å². The molecular weight excluding hydrogens is 286 g/mol. The number of nitrogens with one attached hydrogen (secondary N) is 1. The lowest BCUT2D eigenvalue weighted by molar-refractivity contribution is 0.232. The van der Waals surface area contributed by atoms with Gasteiger partial charge in [-0.3, -0.25) is 0 Å². The van der Waals surface area contributed by atoms with Crippen molar-refractivity contribution in [3.63, 3.8) is 0 Å². The third kappa shape index (κ3) is 3.89. The Morgan fingerprint density at radius 3 is 2.33 bits per heavy atom. The average molecular weight is 311 g/mol.